The van der Waals surface area contributed by atoms with Gasteiger partial charge in [0, 0.05) is 24.9 Å². The third kappa shape index (κ3) is 4.46. The van der Waals surface area contributed by atoms with E-state index in [1.54, 1.807) is 11.3 Å². The Morgan fingerprint density at radius 3 is 2.84 bits per heavy atom. The lowest BCUT2D eigenvalue weighted by Crippen LogP contribution is -2.30. The summed E-state index contributed by atoms with van der Waals surface area (Å²) in [4.78, 5) is 16.0. The first kappa shape index (κ1) is 13.7. The molecule has 0 aliphatic rings. The van der Waals surface area contributed by atoms with Crippen LogP contribution in [0.1, 0.15) is 16.3 Å². The van der Waals surface area contributed by atoms with Gasteiger partial charge in [0.15, 0.2) is 0 Å². The summed E-state index contributed by atoms with van der Waals surface area (Å²) in [6, 6.07) is 10.2. The molecule has 0 aliphatic carbocycles. The summed E-state index contributed by atoms with van der Waals surface area (Å²) < 4.78 is 0. The minimum absolute atomic E-state index is 0.0259. The van der Waals surface area contributed by atoms with E-state index in [9.17, 15) is 4.79 Å². The van der Waals surface area contributed by atoms with E-state index in [1.807, 2.05) is 23.6 Å². The van der Waals surface area contributed by atoms with Gasteiger partial charge in [0.1, 0.15) is 0 Å². The Kier molecular flexibility index (Phi) is 5.06. The van der Waals surface area contributed by atoms with Crippen LogP contribution in [0.3, 0.4) is 0 Å². The summed E-state index contributed by atoms with van der Waals surface area (Å²) in [5.74, 6) is -0.0259. The van der Waals surface area contributed by atoms with Crippen LogP contribution >= 0.6 is 11.3 Å². The lowest BCUT2D eigenvalue weighted by molar-refractivity contribution is -0.120. The zero-order chi connectivity index (χ0) is 13.5. The van der Waals surface area contributed by atoms with Crippen LogP contribution in [0.15, 0.2) is 35.7 Å². The van der Waals surface area contributed by atoms with Crippen molar-refractivity contribution in [3.8, 4) is 0 Å². The third-order valence-corrected chi connectivity index (χ3v) is 3.50. The molecule has 0 radical (unpaired) electrons. The quantitative estimate of drug-likeness (QED) is 0.836. The molecule has 0 spiro atoms. The standard InChI is InChI=1S/C14H17N3OS/c15-6-7-16-13(18)9-12-10-19-14(17-12)8-11-4-2-1-3-5-11/h1-5,10H,6-9,15H2,(H,16,18). The van der Waals surface area contributed by atoms with Crippen molar-refractivity contribution in [1.82, 2.24) is 10.3 Å². The molecule has 1 aromatic heterocycles. The average Bonchev–Trinajstić information content (AvgIpc) is 2.85. The Labute approximate surface area is 116 Å². The molecule has 0 saturated carbocycles. The van der Waals surface area contributed by atoms with E-state index >= 15 is 0 Å². The molecule has 1 aromatic carbocycles. The van der Waals surface area contributed by atoms with Crippen LogP contribution < -0.4 is 11.1 Å². The van der Waals surface area contributed by atoms with Crippen LogP contribution in [0.4, 0.5) is 0 Å². The van der Waals surface area contributed by atoms with Crippen molar-refractivity contribution in [3.63, 3.8) is 0 Å². The predicted octanol–water partition coefficient (Wildman–Crippen LogP) is 1.35. The third-order valence-electron chi connectivity index (χ3n) is 2.61. The minimum Gasteiger partial charge on any atom is -0.354 e. The molecule has 0 bridgehead atoms. The van der Waals surface area contributed by atoms with Crippen molar-refractivity contribution in [2.75, 3.05) is 13.1 Å². The molecule has 0 aliphatic heterocycles. The Bertz CT molecular complexity index is 524. The SMILES string of the molecule is NCCNC(=O)Cc1csc(Cc2ccccc2)n1. The molecule has 19 heavy (non-hydrogen) atoms. The smallest absolute Gasteiger partial charge is 0.226 e. The summed E-state index contributed by atoms with van der Waals surface area (Å²) >= 11 is 1.59. The van der Waals surface area contributed by atoms with Gasteiger partial charge in [-0.3, -0.25) is 4.79 Å². The van der Waals surface area contributed by atoms with Gasteiger partial charge in [-0.1, -0.05) is 30.3 Å². The first-order valence-corrected chi connectivity index (χ1v) is 7.10. The number of carbonyl (C=O) groups excluding carboxylic acids is 1. The zero-order valence-electron chi connectivity index (χ0n) is 10.6. The fourth-order valence-electron chi connectivity index (χ4n) is 1.72. The first-order valence-electron chi connectivity index (χ1n) is 6.22. The van der Waals surface area contributed by atoms with Crippen molar-refractivity contribution in [1.29, 1.82) is 0 Å². The molecule has 1 amide bonds. The van der Waals surface area contributed by atoms with Gasteiger partial charge in [0.2, 0.25) is 5.91 Å². The maximum atomic E-state index is 11.5. The second-order valence-corrected chi connectivity index (χ2v) is 5.15. The molecule has 4 nitrogen and oxygen atoms in total. The summed E-state index contributed by atoms with van der Waals surface area (Å²) in [6.45, 7) is 0.974. The Balaban J connectivity index is 1.90. The molecule has 2 aromatic rings. The van der Waals surface area contributed by atoms with Gasteiger partial charge in [-0.05, 0) is 5.56 Å². The lowest BCUT2D eigenvalue weighted by Gasteiger charge is -2.00. The topological polar surface area (TPSA) is 68.0 Å². The van der Waals surface area contributed by atoms with Crippen molar-refractivity contribution in [3.05, 3.63) is 52.0 Å². The highest BCUT2D eigenvalue weighted by Gasteiger charge is 2.07. The minimum atomic E-state index is -0.0259. The summed E-state index contributed by atoms with van der Waals surface area (Å²) in [6.07, 6.45) is 1.14. The number of amides is 1. The molecule has 0 unspecified atom stereocenters. The number of carbonyl (C=O) groups is 1. The van der Waals surface area contributed by atoms with Gasteiger partial charge in [-0.25, -0.2) is 4.98 Å². The molecule has 0 atom stereocenters. The summed E-state index contributed by atoms with van der Waals surface area (Å²) in [5, 5.41) is 5.72. The van der Waals surface area contributed by atoms with Crippen LogP contribution in [0.2, 0.25) is 0 Å². The maximum absolute atomic E-state index is 11.5. The van der Waals surface area contributed by atoms with E-state index in [1.165, 1.54) is 5.56 Å². The maximum Gasteiger partial charge on any atom is 0.226 e. The van der Waals surface area contributed by atoms with Crippen molar-refractivity contribution in [2.24, 2.45) is 5.73 Å². The van der Waals surface area contributed by atoms with Crippen molar-refractivity contribution >= 4 is 17.2 Å². The van der Waals surface area contributed by atoms with E-state index in [4.69, 9.17) is 5.73 Å². The second-order valence-electron chi connectivity index (χ2n) is 4.21. The van der Waals surface area contributed by atoms with Crippen molar-refractivity contribution in [2.45, 2.75) is 12.8 Å². The largest absolute Gasteiger partial charge is 0.354 e. The Morgan fingerprint density at radius 2 is 2.11 bits per heavy atom. The van der Waals surface area contributed by atoms with E-state index < -0.39 is 0 Å². The Morgan fingerprint density at radius 1 is 1.32 bits per heavy atom. The predicted molar refractivity (Wildman–Crippen MR) is 77.1 cm³/mol. The highest BCUT2D eigenvalue weighted by Crippen LogP contribution is 2.15. The lowest BCUT2D eigenvalue weighted by atomic mass is 10.2. The highest BCUT2D eigenvalue weighted by molar-refractivity contribution is 7.09. The molecular formula is C14H17N3OS. The average molecular weight is 275 g/mol. The van der Waals surface area contributed by atoms with Gasteiger partial charge in [-0.2, -0.15) is 0 Å². The van der Waals surface area contributed by atoms with Gasteiger partial charge in [0.25, 0.3) is 0 Å². The van der Waals surface area contributed by atoms with Gasteiger partial charge in [-0.15, -0.1) is 11.3 Å². The number of nitrogens with zero attached hydrogens (tertiary/aromatic N) is 1. The van der Waals surface area contributed by atoms with Gasteiger partial charge >= 0.3 is 0 Å². The van der Waals surface area contributed by atoms with Crippen molar-refractivity contribution < 1.29 is 4.79 Å². The zero-order valence-corrected chi connectivity index (χ0v) is 11.5. The van der Waals surface area contributed by atoms with Crippen LogP contribution in [-0.4, -0.2) is 24.0 Å². The number of hydrogen-bond acceptors (Lipinski definition) is 4. The van der Waals surface area contributed by atoms with E-state index in [0.29, 0.717) is 19.5 Å². The molecule has 0 fully saturated rings. The summed E-state index contributed by atoms with van der Waals surface area (Å²) in [5.41, 5.74) is 7.39. The first-order chi connectivity index (χ1) is 9.28. The molecule has 3 N–H and O–H groups in total. The van der Waals surface area contributed by atoms with Crippen LogP contribution in [0.5, 0.6) is 0 Å². The van der Waals surface area contributed by atoms with Crippen LogP contribution in [-0.2, 0) is 17.6 Å². The number of aromatic nitrogens is 1. The van der Waals surface area contributed by atoms with Crippen LogP contribution in [0, 0.1) is 0 Å². The monoisotopic (exact) mass is 275 g/mol. The molecule has 5 heteroatoms. The fraction of sp³-hybridized carbons (Fsp3) is 0.286. The van der Waals surface area contributed by atoms with E-state index in [0.717, 1.165) is 17.1 Å². The molecule has 2 rings (SSSR count). The normalized spacial score (nSPS) is 10.4. The van der Waals surface area contributed by atoms with Gasteiger partial charge < -0.3 is 11.1 Å². The number of rotatable bonds is 6. The molecule has 0 saturated heterocycles. The number of nitrogens with two attached hydrogens (primary N) is 1. The molecular weight excluding hydrogens is 258 g/mol. The number of thiazole rings is 1. The summed E-state index contributed by atoms with van der Waals surface area (Å²) in [7, 11) is 0. The molecule has 100 valence electrons. The number of nitrogens with one attached hydrogen (secondary N) is 1. The Hall–Kier alpha value is -1.72. The van der Waals surface area contributed by atoms with E-state index in [-0.39, 0.29) is 5.91 Å². The van der Waals surface area contributed by atoms with E-state index in [2.05, 4.69) is 22.4 Å². The van der Waals surface area contributed by atoms with Crippen LogP contribution in [0.25, 0.3) is 0 Å². The fourth-order valence-corrected chi connectivity index (χ4v) is 2.55. The number of benzene rings is 1. The second kappa shape index (κ2) is 7.01. The number of hydrogen-bond donors (Lipinski definition) is 2. The van der Waals surface area contributed by atoms with Gasteiger partial charge in [0.05, 0.1) is 17.1 Å². The highest BCUT2D eigenvalue weighted by atomic mass is 32.1. The molecule has 1 heterocycles.